The molecule has 2 N–H and O–H groups in total. The third-order valence-electron chi connectivity index (χ3n) is 3.35. The first-order chi connectivity index (χ1) is 11.2. The van der Waals surface area contributed by atoms with E-state index in [1.54, 1.807) is 18.2 Å². The molecule has 0 aliphatic carbocycles. The SMILES string of the molecule is CCCCNc1cc(C(=O)NCCc2ccc(F)cc2)ncn1. The zero-order chi connectivity index (χ0) is 16.5. The number of benzene rings is 1. The van der Waals surface area contributed by atoms with Crippen LogP contribution in [-0.2, 0) is 6.42 Å². The predicted octanol–water partition coefficient (Wildman–Crippen LogP) is 2.80. The van der Waals surface area contributed by atoms with Crippen LogP contribution in [0.1, 0.15) is 35.8 Å². The van der Waals surface area contributed by atoms with Crippen LogP contribution in [0.2, 0.25) is 0 Å². The Morgan fingerprint density at radius 3 is 2.70 bits per heavy atom. The van der Waals surface area contributed by atoms with E-state index < -0.39 is 0 Å². The lowest BCUT2D eigenvalue weighted by Crippen LogP contribution is -2.26. The Balaban J connectivity index is 1.82. The number of aromatic nitrogens is 2. The van der Waals surface area contributed by atoms with E-state index in [2.05, 4.69) is 27.5 Å². The van der Waals surface area contributed by atoms with Crippen LogP contribution in [-0.4, -0.2) is 29.0 Å². The van der Waals surface area contributed by atoms with Gasteiger partial charge in [0.15, 0.2) is 0 Å². The van der Waals surface area contributed by atoms with E-state index in [1.807, 2.05) is 0 Å². The second-order valence-electron chi connectivity index (χ2n) is 5.20. The number of nitrogens with zero attached hydrogens (tertiary/aromatic N) is 2. The minimum absolute atomic E-state index is 0.243. The highest BCUT2D eigenvalue weighted by Gasteiger charge is 2.08. The fraction of sp³-hybridized carbons (Fsp3) is 0.353. The topological polar surface area (TPSA) is 66.9 Å². The van der Waals surface area contributed by atoms with Gasteiger partial charge in [0.1, 0.15) is 23.7 Å². The van der Waals surface area contributed by atoms with E-state index in [9.17, 15) is 9.18 Å². The third kappa shape index (κ3) is 5.65. The first-order valence-corrected chi connectivity index (χ1v) is 7.77. The van der Waals surface area contributed by atoms with Crippen molar-refractivity contribution in [1.29, 1.82) is 0 Å². The molecule has 0 atom stereocenters. The molecule has 1 aromatic carbocycles. The van der Waals surface area contributed by atoms with Crippen molar-refractivity contribution in [3.63, 3.8) is 0 Å². The van der Waals surface area contributed by atoms with Crippen molar-refractivity contribution in [2.24, 2.45) is 0 Å². The van der Waals surface area contributed by atoms with Crippen molar-refractivity contribution >= 4 is 11.7 Å². The summed E-state index contributed by atoms with van der Waals surface area (Å²) < 4.78 is 12.8. The smallest absolute Gasteiger partial charge is 0.270 e. The highest BCUT2D eigenvalue weighted by molar-refractivity contribution is 5.92. The van der Waals surface area contributed by atoms with Crippen LogP contribution in [0.4, 0.5) is 10.2 Å². The summed E-state index contributed by atoms with van der Waals surface area (Å²) in [5.74, 6) is 0.145. The maximum absolute atomic E-state index is 12.8. The van der Waals surface area contributed by atoms with E-state index in [0.29, 0.717) is 24.5 Å². The monoisotopic (exact) mass is 316 g/mol. The van der Waals surface area contributed by atoms with Crippen LogP contribution in [0.3, 0.4) is 0 Å². The van der Waals surface area contributed by atoms with E-state index in [1.165, 1.54) is 18.5 Å². The zero-order valence-corrected chi connectivity index (χ0v) is 13.2. The van der Waals surface area contributed by atoms with Gasteiger partial charge in [-0.3, -0.25) is 4.79 Å². The Bertz CT molecular complexity index is 631. The van der Waals surface area contributed by atoms with Gasteiger partial charge in [-0.25, -0.2) is 14.4 Å². The number of amides is 1. The van der Waals surface area contributed by atoms with Gasteiger partial charge in [0.05, 0.1) is 0 Å². The van der Waals surface area contributed by atoms with E-state index in [0.717, 1.165) is 24.9 Å². The number of rotatable bonds is 8. The first kappa shape index (κ1) is 16.9. The van der Waals surface area contributed by atoms with Crippen molar-refractivity contribution in [1.82, 2.24) is 15.3 Å². The van der Waals surface area contributed by atoms with Crippen molar-refractivity contribution in [3.8, 4) is 0 Å². The summed E-state index contributed by atoms with van der Waals surface area (Å²) in [5, 5.41) is 5.97. The van der Waals surface area contributed by atoms with Gasteiger partial charge in [0.2, 0.25) is 0 Å². The molecule has 2 aromatic rings. The summed E-state index contributed by atoms with van der Waals surface area (Å²) in [7, 11) is 0. The molecular weight excluding hydrogens is 295 g/mol. The summed E-state index contributed by atoms with van der Waals surface area (Å²) >= 11 is 0. The van der Waals surface area contributed by atoms with Crippen molar-refractivity contribution in [2.75, 3.05) is 18.4 Å². The van der Waals surface area contributed by atoms with Crippen LogP contribution in [0, 0.1) is 5.82 Å². The number of unbranched alkanes of at least 4 members (excludes halogenated alkanes) is 1. The number of anilines is 1. The molecule has 0 radical (unpaired) electrons. The van der Waals surface area contributed by atoms with Crippen LogP contribution >= 0.6 is 0 Å². The number of hydrogen-bond donors (Lipinski definition) is 2. The standard InChI is InChI=1S/C17H21FN4O/c1-2-3-9-19-16-11-15(21-12-22-16)17(23)20-10-8-13-4-6-14(18)7-5-13/h4-7,11-12H,2-3,8-10H2,1H3,(H,20,23)(H,19,21,22). The van der Waals surface area contributed by atoms with Gasteiger partial charge in [-0.15, -0.1) is 0 Å². The van der Waals surface area contributed by atoms with Crippen molar-refractivity contribution < 1.29 is 9.18 Å². The molecule has 122 valence electrons. The summed E-state index contributed by atoms with van der Waals surface area (Å²) in [6, 6.07) is 7.89. The fourth-order valence-electron chi connectivity index (χ4n) is 2.03. The maximum atomic E-state index is 12.8. The molecule has 0 saturated heterocycles. The molecule has 1 aromatic heterocycles. The fourth-order valence-corrected chi connectivity index (χ4v) is 2.03. The van der Waals surface area contributed by atoms with Crippen molar-refractivity contribution in [3.05, 3.63) is 53.7 Å². The lowest BCUT2D eigenvalue weighted by Gasteiger charge is -2.07. The molecule has 2 rings (SSSR count). The normalized spacial score (nSPS) is 10.3. The van der Waals surface area contributed by atoms with Crippen LogP contribution in [0.5, 0.6) is 0 Å². The van der Waals surface area contributed by atoms with Crippen molar-refractivity contribution in [2.45, 2.75) is 26.2 Å². The average Bonchev–Trinajstić information content (AvgIpc) is 2.57. The number of nitrogens with one attached hydrogen (secondary N) is 2. The summed E-state index contributed by atoms with van der Waals surface area (Å²) in [4.78, 5) is 20.2. The molecule has 0 unspecified atom stereocenters. The van der Waals surface area contributed by atoms with Gasteiger partial charge in [0.25, 0.3) is 5.91 Å². The molecule has 23 heavy (non-hydrogen) atoms. The summed E-state index contributed by atoms with van der Waals surface area (Å²) in [5.41, 5.74) is 1.30. The maximum Gasteiger partial charge on any atom is 0.270 e. The van der Waals surface area contributed by atoms with Crippen LogP contribution in [0.25, 0.3) is 0 Å². The van der Waals surface area contributed by atoms with Gasteiger partial charge in [0, 0.05) is 19.2 Å². The van der Waals surface area contributed by atoms with E-state index in [4.69, 9.17) is 0 Å². The van der Waals surface area contributed by atoms with Gasteiger partial charge < -0.3 is 10.6 Å². The quantitative estimate of drug-likeness (QED) is 0.735. The molecule has 1 heterocycles. The molecular formula is C17H21FN4O. The van der Waals surface area contributed by atoms with Gasteiger partial charge in [-0.2, -0.15) is 0 Å². The molecule has 0 bridgehead atoms. The zero-order valence-electron chi connectivity index (χ0n) is 13.2. The Labute approximate surface area is 135 Å². The second kappa shape index (κ2) is 8.82. The largest absolute Gasteiger partial charge is 0.370 e. The molecule has 5 nitrogen and oxygen atoms in total. The number of carbonyl (C=O) groups excluding carboxylic acids is 1. The van der Waals surface area contributed by atoms with Gasteiger partial charge in [-0.05, 0) is 30.5 Å². The lowest BCUT2D eigenvalue weighted by molar-refractivity contribution is 0.0949. The van der Waals surface area contributed by atoms with Crippen LogP contribution in [0.15, 0.2) is 36.7 Å². The number of hydrogen-bond acceptors (Lipinski definition) is 4. The minimum atomic E-state index is -0.262. The highest BCUT2D eigenvalue weighted by Crippen LogP contribution is 2.05. The minimum Gasteiger partial charge on any atom is -0.370 e. The Hall–Kier alpha value is -2.50. The Kier molecular flexibility index (Phi) is 6.47. The summed E-state index contributed by atoms with van der Waals surface area (Å²) in [6.45, 7) is 3.40. The number of carbonyl (C=O) groups is 1. The second-order valence-corrected chi connectivity index (χ2v) is 5.20. The first-order valence-electron chi connectivity index (χ1n) is 7.77. The predicted molar refractivity (Wildman–Crippen MR) is 87.9 cm³/mol. The third-order valence-corrected chi connectivity index (χ3v) is 3.35. The molecule has 0 aliphatic heterocycles. The van der Waals surface area contributed by atoms with Gasteiger partial charge in [-0.1, -0.05) is 25.5 Å². The number of halogens is 1. The van der Waals surface area contributed by atoms with Crippen LogP contribution < -0.4 is 10.6 Å². The summed E-state index contributed by atoms with van der Waals surface area (Å²) in [6.07, 6.45) is 4.15. The Morgan fingerprint density at radius 1 is 1.17 bits per heavy atom. The Morgan fingerprint density at radius 2 is 1.96 bits per heavy atom. The average molecular weight is 316 g/mol. The molecule has 0 saturated carbocycles. The molecule has 0 fully saturated rings. The lowest BCUT2D eigenvalue weighted by atomic mass is 10.1. The molecule has 0 spiro atoms. The van der Waals surface area contributed by atoms with Gasteiger partial charge >= 0.3 is 0 Å². The van der Waals surface area contributed by atoms with E-state index >= 15 is 0 Å². The molecule has 6 heteroatoms. The van der Waals surface area contributed by atoms with E-state index in [-0.39, 0.29) is 11.7 Å². The molecule has 1 amide bonds. The highest BCUT2D eigenvalue weighted by atomic mass is 19.1. The molecule has 0 aliphatic rings.